The highest BCUT2D eigenvalue weighted by molar-refractivity contribution is 7.71. The summed E-state index contributed by atoms with van der Waals surface area (Å²) in [7, 11) is 3.22. The second kappa shape index (κ2) is 5.09. The fourth-order valence-corrected chi connectivity index (χ4v) is 1.84. The lowest BCUT2D eigenvalue weighted by molar-refractivity contribution is 0.390. The number of rotatable bonds is 4. The van der Waals surface area contributed by atoms with Crippen molar-refractivity contribution in [1.29, 1.82) is 0 Å². The lowest BCUT2D eigenvalue weighted by atomic mass is 10.2. The molecule has 6 nitrogen and oxygen atoms in total. The third-order valence-electron chi connectivity index (χ3n) is 2.61. The first-order valence-corrected chi connectivity index (χ1v) is 5.68. The number of nitrogens with zero attached hydrogens (tertiary/aromatic N) is 2. The first kappa shape index (κ1) is 12.4. The Labute approximate surface area is 109 Å². The van der Waals surface area contributed by atoms with Crippen molar-refractivity contribution in [3.63, 3.8) is 0 Å². The Bertz CT molecular complexity index is 605. The number of nitrogens with one attached hydrogen (secondary N) is 1. The Morgan fingerprint density at radius 1 is 1.39 bits per heavy atom. The van der Waals surface area contributed by atoms with E-state index in [2.05, 4.69) is 10.2 Å². The Morgan fingerprint density at radius 2 is 2.17 bits per heavy atom. The molecular weight excluding hydrogens is 252 g/mol. The van der Waals surface area contributed by atoms with Crippen molar-refractivity contribution in [2.45, 2.75) is 6.54 Å². The van der Waals surface area contributed by atoms with Gasteiger partial charge in [0.25, 0.3) is 0 Å². The molecule has 0 unspecified atom stereocenters. The zero-order valence-corrected chi connectivity index (χ0v) is 11.0. The van der Waals surface area contributed by atoms with Crippen LogP contribution in [0, 0.1) is 4.77 Å². The molecular formula is C11H14N4O2S. The van der Waals surface area contributed by atoms with Crippen molar-refractivity contribution in [2.24, 2.45) is 0 Å². The number of hydrogen-bond acceptors (Lipinski definition) is 5. The minimum atomic E-state index is 0.345. The first-order valence-electron chi connectivity index (χ1n) is 5.27. The van der Waals surface area contributed by atoms with Gasteiger partial charge in [0.05, 0.1) is 20.8 Å². The smallest absolute Gasteiger partial charge is 0.220 e. The van der Waals surface area contributed by atoms with Gasteiger partial charge < -0.3 is 15.2 Å². The normalized spacial score (nSPS) is 10.3. The molecule has 96 valence electrons. The lowest BCUT2D eigenvalue weighted by Crippen LogP contribution is -2.06. The summed E-state index contributed by atoms with van der Waals surface area (Å²) >= 11 is 5.10. The largest absolute Gasteiger partial charge is 0.497 e. The number of anilines is 1. The van der Waals surface area contributed by atoms with E-state index in [1.54, 1.807) is 18.8 Å². The maximum absolute atomic E-state index is 5.73. The van der Waals surface area contributed by atoms with Crippen molar-refractivity contribution in [2.75, 3.05) is 20.0 Å². The second-order valence-electron chi connectivity index (χ2n) is 3.65. The van der Waals surface area contributed by atoms with E-state index in [1.165, 1.54) is 0 Å². The predicted molar refractivity (Wildman–Crippen MR) is 70.5 cm³/mol. The van der Waals surface area contributed by atoms with Gasteiger partial charge in [-0.05, 0) is 24.4 Å². The SMILES string of the molecule is COc1ccc(Cn2c(N)n[nH]c2=S)c(OC)c1. The standard InChI is InChI=1S/C11H14N4O2S/c1-16-8-4-3-7(9(5-8)17-2)6-15-10(12)13-14-11(15)18/h3-5H,6H2,1-2H3,(H2,12,13)(H,14,18). The number of ether oxygens (including phenoxy) is 2. The summed E-state index contributed by atoms with van der Waals surface area (Å²) in [5, 5.41) is 6.50. The van der Waals surface area contributed by atoms with Gasteiger partial charge in [0, 0.05) is 11.6 Å². The quantitative estimate of drug-likeness (QED) is 0.822. The fraction of sp³-hybridized carbons (Fsp3) is 0.273. The number of benzene rings is 1. The highest BCUT2D eigenvalue weighted by atomic mass is 32.1. The van der Waals surface area contributed by atoms with Crippen molar-refractivity contribution in [3.8, 4) is 11.5 Å². The summed E-state index contributed by atoms with van der Waals surface area (Å²) in [4.78, 5) is 0. The average Bonchev–Trinajstić information content (AvgIpc) is 2.71. The molecule has 0 amide bonds. The number of hydrogen-bond donors (Lipinski definition) is 2. The Balaban J connectivity index is 2.37. The molecule has 0 saturated carbocycles. The molecule has 0 fully saturated rings. The maximum Gasteiger partial charge on any atom is 0.220 e. The minimum absolute atomic E-state index is 0.345. The van der Waals surface area contributed by atoms with E-state index in [4.69, 9.17) is 27.4 Å². The van der Waals surface area contributed by atoms with Crippen LogP contribution in [0.15, 0.2) is 18.2 Å². The van der Waals surface area contributed by atoms with Crippen LogP contribution in [0.5, 0.6) is 11.5 Å². The summed E-state index contributed by atoms with van der Waals surface area (Å²) in [6.07, 6.45) is 0. The molecule has 1 aromatic carbocycles. The van der Waals surface area contributed by atoms with E-state index in [0.29, 0.717) is 17.3 Å². The zero-order valence-electron chi connectivity index (χ0n) is 10.1. The molecule has 0 aliphatic heterocycles. The van der Waals surface area contributed by atoms with Gasteiger partial charge in [0.1, 0.15) is 11.5 Å². The third kappa shape index (κ3) is 2.30. The third-order valence-corrected chi connectivity index (χ3v) is 2.92. The maximum atomic E-state index is 5.73. The molecule has 0 aliphatic rings. The molecule has 0 saturated heterocycles. The lowest BCUT2D eigenvalue weighted by Gasteiger charge is -2.11. The van der Waals surface area contributed by atoms with Crippen LogP contribution in [-0.2, 0) is 6.54 Å². The van der Waals surface area contributed by atoms with Gasteiger partial charge in [-0.25, -0.2) is 5.10 Å². The average molecular weight is 266 g/mol. The molecule has 1 heterocycles. The number of nitrogen functional groups attached to an aromatic ring is 1. The van der Waals surface area contributed by atoms with E-state index in [-0.39, 0.29) is 0 Å². The Hall–Kier alpha value is -2.02. The molecule has 3 N–H and O–H groups in total. The van der Waals surface area contributed by atoms with E-state index >= 15 is 0 Å². The predicted octanol–water partition coefficient (Wildman–Crippen LogP) is 1.59. The molecule has 7 heteroatoms. The topological polar surface area (TPSA) is 78.1 Å². The molecule has 0 spiro atoms. The van der Waals surface area contributed by atoms with Crippen molar-refractivity contribution in [3.05, 3.63) is 28.5 Å². The van der Waals surface area contributed by atoms with Crippen molar-refractivity contribution in [1.82, 2.24) is 14.8 Å². The highest BCUT2D eigenvalue weighted by Gasteiger charge is 2.08. The zero-order chi connectivity index (χ0) is 13.1. The second-order valence-corrected chi connectivity index (χ2v) is 4.04. The molecule has 18 heavy (non-hydrogen) atoms. The van der Waals surface area contributed by atoms with Gasteiger partial charge in [-0.3, -0.25) is 4.57 Å². The number of H-pyrrole nitrogens is 1. The van der Waals surface area contributed by atoms with Crippen molar-refractivity contribution < 1.29 is 9.47 Å². The summed E-state index contributed by atoms with van der Waals surface area (Å²) in [5.41, 5.74) is 6.67. The molecule has 0 atom stereocenters. The minimum Gasteiger partial charge on any atom is -0.497 e. The molecule has 2 aromatic rings. The van der Waals surface area contributed by atoms with Gasteiger partial charge in [-0.1, -0.05) is 0 Å². The van der Waals surface area contributed by atoms with Crippen molar-refractivity contribution >= 4 is 18.2 Å². The molecule has 0 bridgehead atoms. The van der Waals surface area contributed by atoms with E-state index in [1.807, 2.05) is 18.2 Å². The molecule has 1 aromatic heterocycles. The monoisotopic (exact) mass is 266 g/mol. The van der Waals surface area contributed by atoms with Gasteiger partial charge in [-0.2, -0.15) is 0 Å². The van der Waals surface area contributed by atoms with Crippen LogP contribution in [-0.4, -0.2) is 29.0 Å². The summed E-state index contributed by atoms with van der Waals surface area (Å²) in [6.45, 7) is 0.494. The van der Waals surface area contributed by atoms with E-state index in [0.717, 1.165) is 17.1 Å². The van der Waals surface area contributed by atoms with Crippen LogP contribution in [0.2, 0.25) is 0 Å². The van der Waals surface area contributed by atoms with Gasteiger partial charge in [-0.15, -0.1) is 5.10 Å². The summed E-state index contributed by atoms with van der Waals surface area (Å²) in [5.74, 6) is 1.80. The number of aromatic nitrogens is 3. The fourth-order valence-electron chi connectivity index (χ4n) is 1.64. The molecule has 2 rings (SSSR count). The van der Waals surface area contributed by atoms with Gasteiger partial charge >= 0.3 is 0 Å². The summed E-state index contributed by atoms with van der Waals surface area (Å²) in [6, 6.07) is 5.58. The highest BCUT2D eigenvalue weighted by Crippen LogP contribution is 2.25. The van der Waals surface area contributed by atoms with Crippen LogP contribution in [0.3, 0.4) is 0 Å². The van der Waals surface area contributed by atoms with Crippen LogP contribution >= 0.6 is 12.2 Å². The van der Waals surface area contributed by atoms with Gasteiger partial charge in [0.2, 0.25) is 5.95 Å². The Kier molecular flexibility index (Phi) is 3.52. The first-order chi connectivity index (χ1) is 8.65. The van der Waals surface area contributed by atoms with Crippen LogP contribution in [0.1, 0.15) is 5.56 Å². The van der Waals surface area contributed by atoms with E-state index in [9.17, 15) is 0 Å². The number of methoxy groups -OCH3 is 2. The van der Waals surface area contributed by atoms with E-state index < -0.39 is 0 Å². The van der Waals surface area contributed by atoms with Gasteiger partial charge in [0.15, 0.2) is 4.77 Å². The van der Waals surface area contributed by atoms with Crippen LogP contribution in [0.25, 0.3) is 0 Å². The summed E-state index contributed by atoms with van der Waals surface area (Å²) < 4.78 is 12.6. The van der Waals surface area contributed by atoms with Crippen LogP contribution < -0.4 is 15.2 Å². The van der Waals surface area contributed by atoms with Crippen LogP contribution in [0.4, 0.5) is 5.95 Å². The Morgan fingerprint density at radius 3 is 2.72 bits per heavy atom. The number of nitrogens with two attached hydrogens (primary N) is 1. The molecule has 0 aliphatic carbocycles. The molecule has 0 radical (unpaired) electrons. The number of aromatic amines is 1.